The first-order valence-corrected chi connectivity index (χ1v) is 8.47. The highest BCUT2D eigenvalue weighted by Gasteiger charge is 2.27. The monoisotopic (exact) mass is 291 g/mol. The Hall–Kier alpha value is -0.890. The molecule has 0 aromatic heterocycles. The largest absolute Gasteiger partial charge is 0.311 e. The summed E-state index contributed by atoms with van der Waals surface area (Å²) >= 11 is 0. The molecule has 0 heterocycles. The average molecular weight is 291 g/mol. The van der Waals surface area contributed by atoms with Crippen molar-refractivity contribution in [2.45, 2.75) is 70.8 Å². The summed E-state index contributed by atoms with van der Waals surface area (Å²) in [5.41, 5.74) is 0.981. The number of benzene rings is 1. The Morgan fingerprint density at radius 2 is 1.71 bits per heavy atom. The molecule has 0 saturated heterocycles. The molecule has 0 amide bonds. The smallest absolute Gasteiger partial charge is 0.126 e. The molecule has 1 N–H and O–H groups in total. The second-order valence-corrected chi connectivity index (χ2v) is 7.51. The van der Waals surface area contributed by atoms with E-state index in [4.69, 9.17) is 0 Å². The first kappa shape index (κ1) is 16.5. The van der Waals surface area contributed by atoms with Gasteiger partial charge in [0.25, 0.3) is 0 Å². The van der Waals surface area contributed by atoms with Crippen LogP contribution in [0.4, 0.5) is 4.39 Å². The Morgan fingerprint density at radius 3 is 2.29 bits per heavy atom. The minimum absolute atomic E-state index is 0.0394. The Kier molecular flexibility index (Phi) is 5.80. The number of rotatable bonds is 4. The summed E-state index contributed by atoms with van der Waals surface area (Å²) in [6.07, 6.45) is 7.76. The zero-order valence-electron chi connectivity index (χ0n) is 13.8. The molecule has 1 unspecified atom stereocenters. The van der Waals surface area contributed by atoms with Gasteiger partial charge < -0.3 is 5.32 Å². The highest BCUT2D eigenvalue weighted by molar-refractivity contribution is 5.23. The Bertz CT molecular complexity index is 427. The Morgan fingerprint density at radius 1 is 1.10 bits per heavy atom. The van der Waals surface area contributed by atoms with Crippen LogP contribution in [-0.2, 0) is 0 Å². The molecule has 2 heteroatoms. The van der Waals surface area contributed by atoms with Gasteiger partial charge in [-0.25, -0.2) is 4.39 Å². The van der Waals surface area contributed by atoms with Crippen molar-refractivity contribution in [3.8, 4) is 0 Å². The lowest BCUT2D eigenvalue weighted by Crippen LogP contribution is -2.40. The van der Waals surface area contributed by atoms with E-state index in [9.17, 15) is 4.39 Å². The third-order valence-electron chi connectivity index (χ3n) is 4.63. The van der Waals surface area contributed by atoms with E-state index >= 15 is 0 Å². The van der Waals surface area contributed by atoms with Crippen LogP contribution in [0.3, 0.4) is 0 Å². The number of halogens is 1. The minimum Gasteiger partial charge on any atom is -0.311 e. The van der Waals surface area contributed by atoms with Crippen LogP contribution >= 0.6 is 0 Å². The highest BCUT2D eigenvalue weighted by Crippen LogP contribution is 2.36. The van der Waals surface area contributed by atoms with E-state index in [1.807, 2.05) is 12.1 Å². The second kappa shape index (κ2) is 7.40. The summed E-state index contributed by atoms with van der Waals surface area (Å²) < 4.78 is 14.3. The van der Waals surface area contributed by atoms with Gasteiger partial charge in [-0.1, -0.05) is 43.9 Å². The minimum atomic E-state index is -0.0394. The maximum Gasteiger partial charge on any atom is 0.126 e. The van der Waals surface area contributed by atoms with Crippen LogP contribution in [0.1, 0.15) is 70.8 Å². The summed E-state index contributed by atoms with van der Waals surface area (Å²) in [5.74, 6) is 0.866. The van der Waals surface area contributed by atoms with Crippen molar-refractivity contribution >= 4 is 0 Å². The van der Waals surface area contributed by atoms with Gasteiger partial charge >= 0.3 is 0 Å². The van der Waals surface area contributed by atoms with Crippen molar-refractivity contribution in [1.29, 1.82) is 0 Å². The van der Waals surface area contributed by atoms with Crippen molar-refractivity contribution < 1.29 is 4.39 Å². The van der Waals surface area contributed by atoms with E-state index in [2.05, 4.69) is 26.1 Å². The fourth-order valence-electron chi connectivity index (χ4n) is 3.44. The summed E-state index contributed by atoms with van der Waals surface area (Å²) in [4.78, 5) is 0. The van der Waals surface area contributed by atoms with Crippen LogP contribution in [0, 0.1) is 11.7 Å². The highest BCUT2D eigenvalue weighted by atomic mass is 19.1. The molecule has 0 bridgehead atoms. The molecule has 0 radical (unpaired) electrons. The maximum absolute atomic E-state index is 14.3. The molecule has 1 nitrogen and oxygen atoms in total. The van der Waals surface area contributed by atoms with Crippen molar-refractivity contribution in [2.75, 3.05) is 6.54 Å². The first-order chi connectivity index (χ1) is 9.97. The van der Waals surface area contributed by atoms with E-state index < -0.39 is 0 Å². The van der Waals surface area contributed by atoms with Gasteiger partial charge in [0.15, 0.2) is 0 Å². The standard InChI is InChI=1S/C19H30FN/c1-19(2,3)21-14-17(15-10-6-4-5-7-11-15)16-12-8-9-13-18(16)20/h8-9,12-13,15,17,21H,4-7,10-11,14H2,1-3H3. The average Bonchev–Trinajstić information content (AvgIpc) is 2.69. The molecule has 1 aliphatic rings. The molecule has 1 aromatic carbocycles. The predicted molar refractivity (Wildman–Crippen MR) is 88.1 cm³/mol. The van der Waals surface area contributed by atoms with Gasteiger partial charge in [0.2, 0.25) is 0 Å². The fourth-order valence-corrected chi connectivity index (χ4v) is 3.44. The molecule has 0 aliphatic heterocycles. The van der Waals surface area contributed by atoms with E-state index in [-0.39, 0.29) is 11.4 Å². The number of hydrogen-bond acceptors (Lipinski definition) is 1. The van der Waals surface area contributed by atoms with E-state index in [0.717, 1.165) is 12.1 Å². The molecule has 2 rings (SSSR count). The summed E-state index contributed by atoms with van der Waals surface area (Å²) in [6, 6.07) is 7.35. The van der Waals surface area contributed by atoms with Crippen LogP contribution in [0.5, 0.6) is 0 Å². The van der Waals surface area contributed by atoms with Gasteiger partial charge in [0, 0.05) is 18.0 Å². The number of nitrogens with one attached hydrogen (secondary N) is 1. The van der Waals surface area contributed by atoms with Crippen LogP contribution in [0.25, 0.3) is 0 Å². The predicted octanol–water partition coefficient (Wildman–Crippen LogP) is 5.27. The SMILES string of the molecule is CC(C)(C)NCC(c1ccccc1F)C1CCCCCC1. The molecule has 1 fully saturated rings. The second-order valence-electron chi connectivity index (χ2n) is 7.51. The zero-order chi connectivity index (χ0) is 15.3. The van der Waals surface area contributed by atoms with Crippen molar-refractivity contribution in [1.82, 2.24) is 5.32 Å². The zero-order valence-corrected chi connectivity index (χ0v) is 13.8. The van der Waals surface area contributed by atoms with E-state index in [1.54, 1.807) is 12.1 Å². The summed E-state index contributed by atoms with van der Waals surface area (Å²) in [7, 11) is 0. The van der Waals surface area contributed by atoms with Crippen molar-refractivity contribution in [3.63, 3.8) is 0 Å². The third kappa shape index (κ3) is 5.10. The first-order valence-electron chi connectivity index (χ1n) is 8.47. The molecular formula is C19H30FN. The Labute approximate surface area is 129 Å². The van der Waals surface area contributed by atoms with Gasteiger partial charge in [-0.3, -0.25) is 0 Å². The van der Waals surface area contributed by atoms with E-state index in [0.29, 0.717) is 11.8 Å². The molecule has 0 spiro atoms. The maximum atomic E-state index is 14.3. The van der Waals surface area contributed by atoms with Crippen LogP contribution < -0.4 is 5.32 Å². The van der Waals surface area contributed by atoms with E-state index in [1.165, 1.54) is 38.5 Å². The van der Waals surface area contributed by atoms with Gasteiger partial charge in [0.1, 0.15) is 5.82 Å². The molecule has 1 aromatic rings. The quantitative estimate of drug-likeness (QED) is 0.745. The van der Waals surface area contributed by atoms with Gasteiger partial charge in [-0.2, -0.15) is 0 Å². The van der Waals surface area contributed by atoms with Gasteiger partial charge in [0.05, 0.1) is 0 Å². The van der Waals surface area contributed by atoms with Gasteiger partial charge in [-0.15, -0.1) is 0 Å². The fraction of sp³-hybridized carbons (Fsp3) is 0.684. The molecule has 1 atom stereocenters. The molecular weight excluding hydrogens is 261 g/mol. The van der Waals surface area contributed by atoms with Crippen molar-refractivity contribution in [3.05, 3.63) is 35.6 Å². The lowest BCUT2D eigenvalue weighted by atomic mass is 9.80. The molecule has 118 valence electrons. The molecule has 21 heavy (non-hydrogen) atoms. The summed E-state index contributed by atoms with van der Waals surface area (Å²) in [6.45, 7) is 7.41. The van der Waals surface area contributed by atoms with Gasteiger partial charge in [-0.05, 0) is 51.2 Å². The lowest BCUT2D eigenvalue weighted by Gasteiger charge is -2.31. The van der Waals surface area contributed by atoms with Crippen LogP contribution in [0.2, 0.25) is 0 Å². The van der Waals surface area contributed by atoms with Crippen LogP contribution in [-0.4, -0.2) is 12.1 Å². The summed E-state index contributed by atoms with van der Waals surface area (Å²) in [5, 5.41) is 3.60. The Balaban J connectivity index is 2.18. The third-order valence-corrected chi connectivity index (χ3v) is 4.63. The molecule has 1 aliphatic carbocycles. The molecule has 1 saturated carbocycles. The lowest BCUT2D eigenvalue weighted by molar-refractivity contribution is 0.318. The van der Waals surface area contributed by atoms with Crippen molar-refractivity contribution in [2.24, 2.45) is 5.92 Å². The van der Waals surface area contributed by atoms with Crippen LogP contribution in [0.15, 0.2) is 24.3 Å². The normalized spacial score (nSPS) is 19.2. The number of hydrogen-bond donors (Lipinski definition) is 1. The topological polar surface area (TPSA) is 12.0 Å².